The third-order valence-electron chi connectivity index (χ3n) is 15.1. The third-order valence-corrected chi connectivity index (χ3v) is 19.2. The maximum absolute atomic E-state index is 14.2. The van der Waals surface area contributed by atoms with Crippen LogP contribution in [0.1, 0.15) is 60.4 Å². The Labute approximate surface area is 499 Å². The summed E-state index contributed by atoms with van der Waals surface area (Å²) < 4.78 is 104. The Morgan fingerprint density at radius 3 is 1.09 bits per heavy atom. The summed E-state index contributed by atoms with van der Waals surface area (Å²) in [6.07, 6.45) is 6.81. The number of aromatic nitrogens is 12. The van der Waals surface area contributed by atoms with Gasteiger partial charge in [0.25, 0.3) is 0 Å². The Kier molecular flexibility index (Phi) is 19.5. The van der Waals surface area contributed by atoms with Gasteiger partial charge in [0, 0.05) is 77.3 Å². The van der Waals surface area contributed by atoms with Crippen molar-refractivity contribution in [3.8, 4) is 69.2 Å². The Morgan fingerprint density at radius 1 is 0.465 bits per heavy atom. The van der Waals surface area contributed by atoms with E-state index >= 15 is 0 Å². The molecular formula is C58H70N14O12S2. The fraction of sp³-hybridized carbons (Fsp3) is 0.414. The zero-order valence-electron chi connectivity index (χ0n) is 49.9. The molecule has 8 aromatic rings. The molecule has 0 amide bonds. The summed E-state index contributed by atoms with van der Waals surface area (Å²) >= 11 is 0. The van der Waals surface area contributed by atoms with Crippen molar-refractivity contribution in [3.05, 3.63) is 132 Å². The molecule has 2 saturated heterocycles. The minimum Gasteiger partial charge on any atom is -0.494 e. The van der Waals surface area contributed by atoms with E-state index in [1.165, 1.54) is 42.7 Å². The number of aryl methyl sites for hydroxylation is 2. The van der Waals surface area contributed by atoms with Gasteiger partial charge in [-0.15, -0.1) is 20.4 Å². The fourth-order valence-corrected chi connectivity index (χ4v) is 13.2. The lowest BCUT2D eigenvalue weighted by Crippen LogP contribution is -2.56. The van der Waals surface area contributed by atoms with Crippen LogP contribution in [-0.4, -0.2) is 192 Å². The number of ether oxygens (including phenoxy) is 8. The van der Waals surface area contributed by atoms with E-state index in [-0.39, 0.29) is 23.9 Å². The Bertz CT molecular complexity index is 3550. The molecule has 86 heavy (non-hydrogen) atoms. The van der Waals surface area contributed by atoms with Gasteiger partial charge in [-0.2, -0.15) is 0 Å². The van der Waals surface area contributed by atoms with Gasteiger partial charge in [-0.05, 0) is 75.2 Å². The van der Waals surface area contributed by atoms with Crippen LogP contribution in [0, 0.1) is 13.8 Å². The monoisotopic (exact) mass is 1220 g/mol. The van der Waals surface area contributed by atoms with Gasteiger partial charge in [0.1, 0.15) is 68.9 Å². The number of rotatable bonds is 24. The van der Waals surface area contributed by atoms with Gasteiger partial charge in [-0.3, -0.25) is 18.9 Å². The van der Waals surface area contributed by atoms with E-state index in [4.69, 9.17) is 37.9 Å². The number of pyridine rings is 2. The number of methoxy groups -OCH3 is 8. The summed E-state index contributed by atoms with van der Waals surface area (Å²) in [4.78, 5) is 31.1. The molecule has 0 bridgehead atoms. The summed E-state index contributed by atoms with van der Waals surface area (Å²) in [5, 5.41) is 15.7. The molecule has 26 nitrogen and oxygen atoms in total. The molecule has 2 fully saturated rings. The van der Waals surface area contributed by atoms with Crippen molar-refractivity contribution in [3.63, 3.8) is 0 Å². The molecule has 28 heteroatoms. The predicted molar refractivity (Wildman–Crippen MR) is 316 cm³/mol. The lowest BCUT2D eigenvalue weighted by Gasteiger charge is -2.44. The molecule has 0 aliphatic carbocycles. The quantitative estimate of drug-likeness (QED) is 0.0705. The summed E-state index contributed by atoms with van der Waals surface area (Å²) in [6, 6.07) is 19.8. The molecule has 6 aromatic heterocycles. The topological polar surface area (TPSA) is 287 Å². The van der Waals surface area contributed by atoms with Crippen LogP contribution in [0.5, 0.6) is 34.8 Å². The highest BCUT2D eigenvalue weighted by molar-refractivity contribution is 7.91. The Morgan fingerprint density at radius 2 is 0.791 bits per heavy atom. The first kappa shape index (κ1) is 62.3. The standard InChI is InChI=1S/2C29H35N7O6S/c2*1-18-13-30-28(31-14-18)26(35-15-20(16-35)39-3)19(2)43(37,38)17-24-33-34-29(21-9-7-12-25(32-21)42-6)36(24)27-22(40-4)10-8-11-23(27)41-5/h2*7-14,19-20,26H,15-17H2,1-6H3/t2*19-,26?/m10/s1. The molecular weight excluding hydrogens is 1150 g/mol. The maximum Gasteiger partial charge on any atom is 0.213 e. The van der Waals surface area contributed by atoms with E-state index in [2.05, 4.69) is 50.3 Å². The first-order valence-corrected chi connectivity index (χ1v) is 30.7. The molecule has 0 spiro atoms. The van der Waals surface area contributed by atoms with E-state index < -0.39 is 53.8 Å². The van der Waals surface area contributed by atoms with Gasteiger partial charge in [-0.25, -0.2) is 46.7 Å². The molecule has 2 aliphatic rings. The molecule has 2 aromatic carbocycles. The summed E-state index contributed by atoms with van der Waals surface area (Å²) in [6.45, 7) is 9.40. The van der Waals surface area contributed by atoms with Gasteiger partial charge in [0.15, 0.2) is 43.0 Å². The largest absolute Gasteiger partial charge is 0.494 e. The van der Waals surface area contributed by atoms with Crippen molar-refractivity contribution in [2.45, 2.75) is 74.0 Å². The number of sulfone groups is 2. The highest BCUT2D eigenvalue weighted by atomic mass is 32.2. The SMILES string of the molecule is COc1cccc(-c2nnc(CS(=O)(=O)[C@@H](C)C(c3ncc(C)cn3)N3CC(OC)C3)n2-c2c(OC)cccc2OC)n1.COc1cccc(-c2nnc(CS(=O)(=O)[C@H](C)C(c3ncc(C)cn3)N3CC(OC)C3)n2-c2c(OC)cccc2OC)n1. The molecule has 456 valence electrons. The van der Waals surface area contributed by atoms with Crippen LogP contribution in [-0.2, 0) is 40.7 Å². The summed E-state index contributed by atoms with van der Waals surface area (Å²) in [5.41, 5.74) is 3.50. The van der Waals surface area contributed by atoms with Crippen molar-refractivity contribution in [2.75, 3.05) is 83.1 Å². The van der Waals surface area contributed by atoms with E-state index in [0.29, 0.717) is 107 Å². The molecule has 0 radical (unpaired) electrons. The third kappa shape index (κ3) is 13.1. The van der Waals surface area contributed by atoms with Crippen LogP contribution in [0.2, 0.25) is 0 Å². The van der Waals surface area contributed by atoms with E-state index in [1.54, 1.807) is 135 Å². The van der Waals surface area contributed by atoms with Crippen molar-refractivity contribution in [2.24, 2.45) is 0 Å². The first-order valence-electron chi connectivity index (χ1n) is 27.3. The van der Waals surface area contributed by atoms with Gasteiger partial charge in [-0.1, -0.05) is 24.3 Å². The first-order chi connectivity index (χ1) is 41.4. The number of hydrogen-bond acceptors (Lipinski definition) is 24. The predicted octanol–water partition coefficient (Wildman–Crippen LogP) is 5.66. The van der Waals surface area contributed by atoms with E-state index in [9.17, 15) is 16.8 Å². The molecule has 0 N–H and O–H groups in total. The number of para-hydroxylation sites is 2. The van der Waals surface area contributed by atoms with Crippen LogP contribution in [0.15, 0.2) is 97.6 Å². The number of likely N-dealkylation sites (tertiary alicyclic amines) is 2. The van der Waals surface area contributed by atoms with Crippen LogP contribution < -0.4 is 28.4 Å². The molecule has 0 saturated carbocycles. The molecule has 4 atom stereocenters. The zero-order chi connectivity index (χ0) is 61.5. The minimum atomic E-state index is -3.88. The number of benzene rings is 2. The van der Waals surface area contributed by atoms with E-state index in [0.717, 1.165) is 11.1 Å². The smallest absolute Gasteiger partial charge is 0.213 e. The van der Waals surface area contributed by atoms with Gasteiger partial charge >= 0.3 is 0 Å². The molecule has 2 aliphatic heterocycles. The maximum atomic E-state index is 14.2. The highest BCUT2D eigenvalue weighted by Gasteiger charge is 2.45. The fourth-order valence-electron chi connectivity index (χ4n) is 10.2. The highest BCUT2D eigenvalue weighted by Crippen LogP contribution is 2.41. The number of hydrogen-bond donors (Lipinski definition) is 0. The second-order valence-corrected chi connectivity index (χ2v) is 25.2. The minimum absolute atomic E-state index is 0.0156. The van der Waals surface area contributed by atoms with Crippen molar-refractivity contribution in [1.82, 2.24) is 69.2 Å². The lowest BCUT2D eigenvalue weighted by molar-refractivity contribution is -0.0531. The Hall–Kier alpha value is -8.28. The molecule has 2 unspecified atom stereocenters. The lowest BCUT2D eigenvalue weighted by atomic mass is 10.0. The average Bonchev–Trinajstić information content (AvgIpc) is 1.55. The van der Waals surface area contributed by atoms with Gasteiger partial charge in [0.2, 0.25) is 11.8 Å². The normalized spacial score (nSPS) is 15.5. The van der Waals surface area contributed by atoms with Crippen molar-refractivity contribution >= 4 is 19.7 Å². The van der Waals surface area contributed by atoms with Crippen molar-refractivity contribution in [1.29, 1.82) is 0 Å². The van der Waals surface area contributed by atoms with Gasteiger partial charge < -0.3 is 37.9 Å². The van der Waals surface area contributed by atoms with E-state index in [1.807, 2.05) is 23.6 Å². The van der Waals surface area contributed by atoms with Gasteiger partial charge in [0.05, 0.1) is 77.5 Å². The molecule has 8 heterocycles. The Balaban J connectivity index is 0.000000205. The summed E-state index contributed by atoms with van der Waals surface area (Å²) in [5.74, 6) is 3.40. The molecule has 10 rings (SSSR count). The van der Waals surface area contributed by atoms with Crippen LogP contribution in [0.3, 0.4) is 0 Å². The zero-order valence-corrected chi connectivity index (χ0v) is 51.6. The second kappa shape index (κ2) is 27.0. The summed E-state index contributed by atoms with van der Waals surface area (Å²) in [7, 11) is 4.66. The van der Waals surface area contributed by atoms with Crippen LogP contribution in [0.4, 0.5) is 0 Å². The average molecular weight is 1220 g/mol. The van der Waals surface area contributed by atoms with Crippen LogP contribution in [0.25, 0.3) is 34.4 Å². The second-order valence-electron chi connectivity index (χ2n) is 20.5. The van der Waals surface area contributed by atoms with Crippen molar-refractivity contribution < 1.29 is 54.7 Å². The number of nitrogens with zero attached hydrogens (tertiary/aromatic N) is 14. The van der Waals surface area contributed by atoms with Crippen LogP contribution >= 0.6 is 0 Å².